The fourth-order valence-electron chi connectivity index (χ4n) is 2.45. The summed E-state index contributed by atoms with van der Waals surface area (Å²) >= 11 is 3.49. The van der Waals surface area contributed by atoms with Crippen molar-refractivity contribution >= 4 is 27.7 Å². The van der Waals surface area contributed by atoms with Gasteiger partial charge in [-0.1, -0.05) is 48.0 Å². The molecule has 0 spiro atoms. The molecular formula is C15H18BrNO2. The Labute approximate surface area is 122 Å². The van der Waals surface area contributed by atoms with Gasteiger partial charge in [0.1, 0.15) is 0 Å². The molecule has 2 rings (SSSR count). The first-order chi connectivity index (χ1) is 8.99. The number of rotatable bonds is 3. The summed E-state index contributed by atoms with van der Waals surface area (Å²) in [5, 5.41) is 0. The van der Waals surface area contributed by atoms with Crippen LogP contribution in [0.5, 0.6) is 0 Å². The molecule has 3 nitrogen and oxygen atoms in total. The van der Waals surface area contributed by atoms with Crippen LogP contribution in [-0.2, 0) is 9.59 Å². The Kier molecular flexibility index (Phi) is 4.40. The molecule has 1 heterocycles. The quantitative estimate of drug-likeness (QED) is 0.800. The lowest BCUT2D eigenvalue weighted by atomic mass is 9.88. The summed E-state index contributed by atoms with van der Waals surface area (Å²) in [6, 6.07) is 7.80. The normalized spacial score (nSPS) is 17.4. The molecule has 4 heteroatoms. The van der Waals surface area contributed by atoms with Crippen molar-refractivity contribution in [3.63, 3.8) is 0 Å². The van der Waals surface area contributed by atoms with Crippen LogP contribution in [0, 0.1) is 5.92 Å². The Morgan fingerprint density at radius 1 is 1.21 bits per heavy atom. The average molecular weight is 324 g/mol. The van der Waals surface area contributed by atoms with Crippen molar-refractivity contribution in [2.24, 2.45) is 5.92 Å². The third-order valence-corrected chi connectivity index (χ3v) is 4.06. The van der Waals surface area contributed by atoms with Gasteiger partial charge in [0.15, 0.2) is 0 Å². The summed E-state index contributed by atoms with van der Waals surface area (Å²) in [6.45, 7) is 4.56. The highest BCUT2D eigenvalue weighted by molar-refractivity contribution is 9.10. The Morgan fingerprint density at radius 3 is 2.32 bits per heavy atom. The average Bonchev–Trinajstić information content (AvgIpc) is 2.34. The van der Waals surface area contributed by atoms with E-state index in [0.29, 0.717) is 25.3 Å². The van der Waals surface area contributed by atoms with Crippen LogP contribution < -0.4 is 0 Å². The molecule has 0 radical (unpaired) electrons. The van der Waals surface area contributed by atoms with Gasteiger partial charge >= 0.3 is 0 Å². The summed E-state index contributed by atoms with van der Waals surface area (Å²) in [5.41, 5.74) is 1.05. The molecule has 1 saturated heterocycles. The monoisotopic (exact) mass is 323 g/mol. The maximum Gasteiger partial charge on any atom is 0.229 e. The lowest BCUT2D eigenvalue weighted by Gasteiger charge is -2.31. The number of piperidine rings is 1. The molecule has 19 heavy (non-hydrogen) atoms. The third-order valence-electron chi connectivity index (χ3n) is 3.34. The molecule has 1 aromatic carbocycles. The van der Waals surface area contributed by atoms with Crippen molar-refractivity contribution in [1.82, 2.24) is 4.90 Å². The van der Waals surface area contributed by atoms with Crippen LogP contribution in [0.15, 0.2) is 28.7 Å². The largest absolute Gasteiger partial charge is 0.282 e. The number of hydrogen-bond acceptors (Lipinski definition) is 2. The standard InChI is InChI=1S/C15H18BrNO2/c1-10(2)9-17-14(18)7-11(8-15(17)19)12-5-3-4-6-13(12)16/h3-6,10-11H,7-9H2,1-2H3. The van der Waals surface area contributed by atoms with Gasteiger partial charge in [-0.05, 0) is 17.5 Å². The molecule has 0 aromatic heterocycles. The van der Waals surface area contributed by atoms with E-state index in [2.05, 4.69) is 15.9 Å². The Morgan fingerprint density at radius 2 is 1.79 bits per heavy atom. The number of nitrogens with zero attached hydrogens (tertiary/aromatic N) is 1. The van der Waals surface area contributed by atoms with Crippen LogP contribution in [0.25, 0.3) is 0 Å². The van der Waals surface area contributed by atoms with Crippen molar-refractivity contribution in [3.05, 3.63) is 34.3 Å². The minimum atomic E-state index is -0.0503. The van der Waals surface area contributed by atoms with Crippen molar-refractivity contribution in [2.75, 3.05) is 6.54 Å². The first-order valence-corrected chi connectivity index (χ1v) is 7.36. The third kappa shape index (κ3) is 3.24. The van der Waals surface area contributed by atoms with Crippen LogP contribution in [0.1, 0.15) is 38.2 Å². The second-order valence-electron chi connectivity index (χ2n) is 5.42. The summed E-state index contributed by atoms with van der Waals surface area (Å²) in [6.07, 6.45) is 0.835. The summed E-state index contributed by atoms with van der Waals surface area (Å²) in [7, 11) is 0. The lowest BCUT2D eigenvalue weighted by Crippen LogP contribution is -2.44. The smallest absolute Gasteiger partial charge is 0.229 e. The predicted molar refractivity (Wildman–Crippen MR) is 77.7 cm³/mol. The number of imide groups is 1. The van der Waals surface area contributed by atoms with Gasteiger partial charge in [0.05, 0.1) is 0 Å². The molecule has 2 amide bonds. The van der Waals surface area contributed by atoms with E-state index in [4.69, 9.17) is 0 Å². The second-order valence-corrected chi connectivity index (χ2v) is 6.27. The summed E-state index contributed by atoms with van der Waals surface area (Å²) in [4.78, 5) is 25.7. The zero-order valence-corrected chi connectivity index (χ0v) is 12.8. The molecule has 102 valence electrons. The van der Waals surface area contributed by atoms with Crippen LogP contribution in [-0.4, -0.2) is 23.3 Å². The van der Waals surface area contributed by atoms with Crippen molar-refractivity contribution in [2.45, 2.75) is 32.6 Å². The molecular weight excluding hydrogens is 306 g/mol. The Bertz CT molecular complexity index is 481. The van der Waals surface area contributed by atoms with E-state index in [1.165, 1.54) is 4.90 Å². The van der Waals surface area contributed by atoms with Gasteiger partial charge in [-0.15, -0.1) is 0 Å². The van der Waals surface area contributed by atoms with E-state index in [1.807, 2.05) is 38.1 Å². The second kappa shape index (κ2) is 5.87. The lowest BCUT2D eigenvalue weighted by molar-refractivity contribution is -0.149. The highest BCUT2D eigenvalue weighted by Gasteiger charge is 2.33. The topological polar surface area (TPSA) is 37.4 Å². The molecule has 1 aromatic rings. The van der Waals surface area contributed by atoms with Crippen LogP contribution >= 0.6 is 15.9 Å². The molecule has 0 unspecified atom stereocenters. The molecule has 0 saturated carbocycles. The number of hydrogen-bond donors (Lipinski definition) is 0. The number of carbonyl (C=O) groups is 2. The Hall–Kier alpha value is -1.16. The number of likely N-dealkylation sites (tertiary alicyclic amines) is 1. The van der Waals surface area contributed by atoms with E-state index in [0.717, 1.165) is 10.0 Å². The molecule has 1 aliphatic heterocycles. The number of halogens is 1. The highest BCUT2D eigenvalue weighted by Crippen LogP contribution is 2.34. The van der Waals surface area contributed by atoms with E-state index in [-0.39, 0.29) is 17.7 Å². The maximum absolute atomic E-state index is 12.1. The van der Waals surface area contributed by atoms with Gasteiger partial charge in [0.2, 0.25) is 11.8 Å². The first-order valence-electron chi connectivity index (χ1n) is 6.56. The van der Waals surface area contributed by atoms with E-state index >= 15 is 0 Å². The highest BCUT2D eigenvalue weighted by atomic mass is 79.9. The molecule has 0 aliphatic carbocycles. The minimum Gasteiger partial charge on any atom is -0.282 e. The van der Waals surface area contributed by atoms with Gasteiger partial charge in [-0.3, -0.25) is 14.5 Å². The minimum absolute atomic E-state index is 0.000938. The zero-order valence-electron chi connectivity index (χ0n) is 11.2. The van der Waals surface area contributed by atoms with E-state index in [1.54, 1.807) is 0 Å². The van der Waals surface area contributed by atoms with E-state index in [9.17, 15) is 9.59 Å². The molecule has 0 N–H and O–H groups in total. The predicted octanol–water partition coefficient (Wildman–Crippen LogP) is 3.34. The van der Waals surface area contributed by atoms with Gasteiger partial charge in [0.25, 0.3) is 0 Å². The fourth-order valence-corrected chi connectivity index (χ4v) is 3.06. The molecule has 0 bridgehead atoms. The molecule has 1 fully saturated rings. The Balaban J connectivity index is 2.16. The summed E-state index contributed by atoms with van der Waals surface area (Å²) in [5.74, 6) is 0.211. The van der Waals surface area contributed by atoms with Crippen LogP contribution in [0.3, 0.4) is 0 Å². The van der Waals surface area contributed by atoms with Gasteiger partial charge in [0, 0.05) is 29.8 Å². The fraction of sp³-hybridized carbons (Fsp3) is 0.467. The van der Waals surface area contributed by atoms with Crippen molar-refractivity contribution < 1.29 is 9.59 Å². The molecule has 1 aliphatic rings. The number of benzene rings is 1. The van der Waals surface area contributed by atoms with Gasteiger partial charge in [-0.25, -0.2) is 0 Å². The summed E-state index contributed by atoms with van der Waals surface area (Å²) < 4.78 is 0.970. The first kappa shape index (κ1) is 14.3. The number of amides is 2. The maximum atomic E-state index is 12.1. The SMILES string of the molecule is CC(C)CN1C(=O)CC(c2ccccc2Br)CC1=O. The zero-order chi connectivity index (χ0) is 14.0. The molecule has 0 atom stereocenters. The van der Waals surface area contributed by atoms with Crippen LogP contribution in [0.2, 0.25) is 0 Å². The van der Waals surface area contributed by atoms with Gasteiger partial charge in [-0.2, -0.15) is 0 Å². The van der Waals surface area contributed by atoms with Gasteiger partial charge < -0.3 is 0 Å². The van der Waals surface area contributed by atoms with Crippen molar-refractivity contribution in [3.8, 4) is 0 Å². The van der Waals surface area contributed by atoms with Crippen molar-refractivity contribution in [1.29, 1.82) is 0 Å². The number of carbonyl (C=O) groups excluding carboxylic acids is 2. The van der Waals surface area contributed by atoms with Crippen LogP contribution in [0.4, 0.5) is 0 Å². The van der Waals surface area contributed by atoms with E-state index < -0.39 is 0 Å².